The Bertz CT molecular complexity index is 964. The maximum Gasteiger partial charge on any atom is 0.335 e. The molecule has 6 nitrogen and oxygen atoms in total. The topological polar surface area (TPSA) is 61.1 Å². The van der Waals surface area contributed by atoms with Crippen molar-refractivity contribution in [3.05, 3.63) is 70.6 Å². The molecule has 1 aromatic carbocycles. The number of hydrogen-bond donors (Lipinski definition) is 1. The molecule has 1 N–H and O–H groups in total. The molecule has 0 saturated carbocycles. The normalized spacial score (nSPS) is 16.0. The number of aromatic nitrogens is 2. The summed E-state index contributed by atoms with van der Waals surface area (Å²) in [5.74, 6) is -0.879. The monoisotopic (exact) mass is 384 g/mol. The number of benzene rings is 1. The highest BCUT2D eigenvalue weighted by Gasteiger charge is 2.18. The van der Waals surface area contributed by atoms with Crippen molar-refractivity contribution in [2.45, 2.75) is 13.1 Å². The van der Waals surface area contributed by atoms with Crippen LogP contribution in [-0.2, 0) is 13.1 Å². The Morgan fingerprint density at radius 2 is 1.78 bits per heavy atom. The van der Waals surface area contributed by atoms with Gasteiger partial charge in [0.25, 0.3) is 0 Å². The van der Waals surface area contributed by atoms with E-state index in [-0.39, 0.29) is 0 Å². The Hall–Kier alpha value is -2.41. The van der Waals surface area contributed by atoms with Gasteiger partial charge < -0.3 is 9.51 Å². The number of carbonyl (C=O) groups is 1. The molecular formula is C20H21ClN4O2. The lowest BCUT2D eigenvalue weighted by Gasteiger charge is -2.34. The van der Waals surface area contributed by atoms with Crippen LogP contribution in [0.5, 0.6) is 0 Å². The van der Waals surface area contributed by atoms with Crippen molar-refractivity contribution < 1.29 is 9.90 Å². The number of pyridine rings is 1. The molecule has 7 heteroatoms. The van der Waals surface area contributed by atoms with Crippen molar-refractivity contribution in [2.75, 3.05) is 26.2 Å². The van der Waals surface area contributed by atoms with E-state index in [9.17, 15) is 4.79 Å². The molecular weight excluding hydrogens is 364 g/mol. The highest BCUT2D eigenvalue weighted by atomic mass is 35.5. The summed E-state index contributed by atoms with van der Waals surface area (Å²) < 4.78 is 1.96. The Morgan fingerprint density at radius 3 is 2.52 bits per heavy atom. The lowest BCUT2D eigenvalue weighted by atomic mass is 10.1. The van der Waals surface area contributed by atoms with Gasteiger partial charge >= 0.3 is 5.97 Å². The van der Waals surface area contributed by atoms with Crippen LogP contribution in [0.1, 0.15) is 21.6 Å². The molecule has 1 aliphatic rings. The van der Waals surface area contributed by atoms with E-state index in [0.717, 1.165) is 56.2 Å². The molecule has 0 bridgehead atoms. The largest absolute Gasteiger partial charge is 0.478 e. The summed E-state index contributed by atoms with van der Waals surface area (Å²) in [7, 11) is 0. The molecule has 0 aliphatic carbocycles. The molecule has 4 rings (SSSR count). The minimum Gasteiger partial charge on any atom is -0.478 e. The molecule has 0 atom stereocenters. The fourth-order valence-corrected chi connectivity index (χ4v) is 3.66. The molecule has 0 amide bonds. The van der Waals surface area contributed by atoms with Crippen molar-refractivity contribution in [2.24, 2.45) is 0 Å². The van der Waals surface area contributed by atoms with Gasteiger partial charge in [-0.05, 0) is 29.8 Å². The number of aromatic carboxylic acids is 1. The van der Waals surface area contributed by atoms with Crippen molar-refractivity contribution >= 4 is 23.2 Å². The van der Waals surface area contributed by atoms with Crippen molar-refractivity contribution in [1.82, 2.24) is 19.2 Å². The van der Waals surface area contributed by atoms with Gasteiger partial charge in [0.1, 0.15) is 5.65 Å². The Kier molecular flexibility index (Phi) is 5.11. The maximum atomic E-state index is 11.1. The van der Waals surface area contributed by atoms with E-state index < -0.39 is 5.97 Å². The van der Waals surface area contributed by atoms with Gasteiger partial charge in [-0.3, -0.25) is 9.80 Å². The molecule has 0 spiro atoms. The minimum absolute atomic E-state index is 0.345. The van der Waals surface area contributed by atoms with Gasteiger partial charge in [0.2, 0.25) is 0 Å². The number of imidazole rings is 1. The van der Waals surface area contributed by atoms with Gasteiger partial charge in [-0.25, -0.2) is 9.78 Å². The van der Waals surface area contributed by atoms with Crippen LogP contribution in [0.15, 0.2) is 48.8 Å². The van der Waals surface area contributed by atoms with E-state index in [0.29, 0.717) is 10.6 Å². The zero-order valence-corrected chi connectivity index (χ0v) is 15.6. The number of nitrogens with zero attached hydrogens (tertiary/aromatic N) is 4. The summed E-state index contributed by atoms with van der Waals surface area (Å²) in [6.45, 7) is 5.44. The molecule has 0 radical (unpaired) electrons. The average Bonchev–Trinajstić information content (AvgIpc) is 3.05. The van der Waals surface area contributed by atoms with Crippen LogP contribution in [0.3, 0.4) is 0 Å². The highest BCUT2D eigenvalue weighted by molar-refractivity contribution is 6.30. The molecule has 3 heterocycles. The lowest BCUT2D eigenvalue weighted by Crippen LogP contribution is -2.45. The van der Waals surface area contributed by atoms with E-state index in [1.165, 1.54) is 0 Å². The number of fused-ring (bicyclic) bond motifs is 1. The van der Waals surface area contributed by atoms with Crippen LogP contribution in [0, 0.1) is 0 Å². The Labute approximate surface area is 162 Å². The number of carboxylic acid groups (broad SMARTS) is 1. The van der Waals surface area contributed by atoms with E-state index in [1.54, 1.807) is 12.1 Å². The fraction of sp³-hybridized carbons (Fsp3) is 0.300. The van der Waals surface area contributed by atoms with E-state index in [2.05, 4.69) is 14.8 Å². The second-order valence-corrected chi connectivity index (χ2v) is 7.34. The zero-order valence-electron chi connectivity index (χ0n) is 14.9. The third kappa shape index (κ3) is 4.30. The zero-order chi connectivity index (χ0) is 18.8. The Balaban J connectivity index is 1.33. The fourth-order valence-electron chi connectivity index (χ4n) is 3.49. The average molecular weight is 385 g/mol. The van der Waals surface area contributed by atoms with Crippen LogP contribution < -0.4 is 0 Å². The van der Waals surface area contributed by atoms with Crippen LogP contribution in [0.2, 0.25) is 5.02 Å². The number of rotatable bonds is 5. The standard InChI is InChI=1S/C20H21ClN4O2/c21-17-4-5-19-22-18(14-25(19)12-17)13-24-8-6-23(7-9-24)11-15-2-1-3-16(10-15)20(26)27/h1-5,10,12,14H,6-9,11,13H2,(H,26,27). The number of carboxylic acids is 1. The summed E-state index contributed by atoms with van der Waals surface area (Å²) in [6, 6.07) is 11.0. The SMILES string of the molecule is O=C(O)c1cccc(CN2CCN(Cc3cn4cc(Cl)ccc4n3)CC2)c1. The van der Waals surface area contributed by atoms with Gasteiger partial charge in [-0.15, -0.1) is 0 Å². The van der Waals surface area contributed by atoms with Crippen molar-refractivity contribution in [3.63, 3.8) is 0 Å². The molecule has 3 aromatic rings. The first-order valence-corrected chi connectivity index (χ1v) is 9.35. The third-order valence-corrected chi connectivity index (χ3v) is 5.12. The molecule has 1 fully saturated rings. The van der Waals surface area contributed by atoms with Crippen molar-refractivity contribution in [3.8, 4) is 0 Å². The van der Waals surface area contributed by atoms with Crippen LogP contribution in [0.4, 0.5) is 0 Å². The molecule has 1 aliphatic heterocycles. The number of hydrogen-bond acceptors (Lipinski definition) is 4. The lowest BCUT2D eigenvalue weighted by molar-refractivity contribution is 0.0696. The summed E-state index contributed by atoms with van der Waals surface area (Å²) >= 11 is 6.03. The van der Waals surface area contributed by atoms with E-state index in [1.807, 2.05) is 41.1 Å². The summed E-state index contributed by atoms with van der Waals surface area (Å²) in [4.78, 5) is 20.5. The van der Waals surface area contributed by atoms with Gasteiger partial charge in [0.05, 0.1) is 16.3 Å². The molecule has 2 aromatic heterocycles. The van der Waals surface area contributed by atoms with Gasteiger partial charge in [-0.1, -0.05) is 23.7 Å². The van der Waals surface area contributed by atoms with Crippen molar-refractivity contribution in [1.29, 1.82) is 0 Å². The Morgan fingerprint density at radius 1 is 1.04 bits per heavy atom. The summed E-state index contributed by atoms with van der Waals surface area (Å²) in [5.41, 5.74) is 3.34. The van der Waals surface area contributed by atoms with Gasteiger partial charge in [-0.2, -0.15) is 0 Å². The minimum atomic E-state index is -0.879. The molecule has 140 valence electrons. The van der Waals surface area contributed by atoms with E-state index >= 15 is 0 Å². The van der Waals surface area contributed by atoms with Gasteiger partial charge in [0, 0.05) is 51.7 Å². The second kappa shape index (κ2) is 7.68. The first kappa shape index (κ1) is 18.0. The maximum absolute atomic E-state index is 11.1. The van der Waals surface area contributed by atoms with Crippen LogP contribution in [0.25, 0.3) is 5.65 Å². The van der Waals surface area contributed by atoms with Gasteiger partial charge in [0.15, 0.2) is 0 Å². The molecule has 1 saturated heterocycles. The highest BCUT2D eigenvalue weighted by Crippen LogP contribution is 2.15. The number of halogens is 1. The summed E-state index contributed by atoms with van der Waals surface area (Å²) in [6.07, 6.45) is 3.90. The third-order valence-electron chi connectivity index (χ3n) is 4.90. The van der Waals surface area contributed by atoms with Crippen LogP contribution in [-0.4, -0.2) is 56.4 Å². The van der Waals surface area contributed by atoms with Crippen LogP contribution >= 0.6 is 11.6 Å². The first-order chi connectivity index (χ1) is 13.1. The smallest absolute Gasteiger partial charge is 0.335 e. The molecule has 27 heavy (non-hydrogen) atoms. The predicted molar refractivity (Wildman–Crippen MR) is 104 cm³/mol. The second-order valence-electron chi connectivity index (χ2n) is 6.90. The summed E-state index contributed by atoms with van der Waals surface area (Å²) in [5, 5.41) is 9.82. The first-order valence-electron chi connectivity index (χ1n) is 8.97. The number of piperazine rings is 1. The quantitative estimate of drug-likeness (QED) is 0.732. The predicted octanol–water partition coefficient (Wildman–Crippen LogP) is 3.00. The van der Waals surface area contributed by atoms with E-state index in [4.69, 9.17) is 16.7 Å². The molecule has 0 unspecified atom stereocenters.